The second kappa shape index (κ2) is 5.68. The van der Waals surface area contributed by atoms with Crippen molar-refractivity contribution in [2.75, 3.05) is 18.4 Å². The zero-order chi connectivity index (χ0) is 9.80. The number of hydrogen-bond acceptors (Lipinski definition) is 2. The van der Waals surface area contributed by atoms with Gasteiger partial charge in [0.15, 0.2) is 0 Å². The summed E-state index contributed by atoms with van der Waals surface area (Å²) in [6.45, 7) is 1.94. The quantitative estimate of drug-likeness (QED) is 0.552. The van der Waals surface area contributed by atoms with Gasteiger partial charge in [-0.15, -0.1) is 0 Å². The van der Waals surface area contributed by atoms with E-state index in [0.717, 1.165) is 31.2 Å². The predicted octanol–water partition coefficient (Wildman–Crippen LogP) is -2.44. The first-order valence-electron chi connectivity index (χ1n) is 4.75. The van der Waals surface area contributed by atoms with Crippen molar-refractivity contribution in [2.45, 2.75) is 6.42 Å². The van der Waals surface area contributed by atoms with E-state index in [1.54, 1.807) is 12.1 Å². The van der Waals surface area contributed by atoms with Crippen LogP contribution < -0.4 is 23.0 Å². The van der Waals surface area contributed by atoms with Gasteiger partial charge in [0, 0.05) is 12.1 Å². The highest BCUT2D eigenvalue weighted by Gasteiger charge is 2.08. The Hall–Kier alpha value is -1.13. The van der Waals surface area contributed by atoms with E-state index < -0.39 is 0 Å². The zero-order valence-corrected chi connectivity index (χ0v) is 8.97. The van der Waals surface area contributed by atoms with Crippen molar-refractivity contribution in [3.8, 4) is 0 Å². The minimum absolute atomic E-state index is 0. The van der Waals surface area contributed by atoms with Crippen molar-refractivity contribution in [1.82, 2.24) is 0 Å². The number of halogens is 2. The van der Waals surface area contributed by atoms with E-state index in [4.69, 9.17) is 0 Å². The fraction of sp³-hybridized carbons (Fsp3) is 0.300. The molecule has 0 unspecified atom stereocenters. The van der Waals surface area contributed by atoms with E-state index in [1.807, 2.05) is 0 Å². The molecule has 82 valence electrons. The molecule has 3 N–H and O–H groups in total. The Morgan fingerprint density at radius 1 is 1.27 bits per heavy atom. The first kappa shape index (κ1) is 11.9. The number of aliphatic imine (C=N–C) groups is 1. The molecule has 0 bridgehead atoms. The van der Waals surface area contributed by atoms with E-state index in [1.165, 1.54) is 12.1 Å². The van der Waals surface area contributed by atoms with Gasteiger partial charge in [0.1, 0.15) is 5.82 Å². The van der Waals surface area contributed by atoms with E-state index in [9.17, 15) is 4.39 Å². The third-order valence-electron chi connectivity index (χ3n) is 2.10. The molecule has 0 saturated heterocycles. The van der Waals surface area contributed by atoms with Crippen LogP contribution in [0.15, 0.2) is 29.3 Å². The molecule has 0 aromatic heterocycles. The molecule has 1 aromatic carbocycles. The van der Waals surface area contributed by atoms with Crippen molar-refractivity contribution >= 4 is 11.6 Å². The highest BCUT2D eigenvalue weighted by molar-refractivity contribution is 5.86. The van der Waals surface area contributed by atoms with Gasteiger partial charge in [0.05, 0.1) is 13.1 Å². The van der Waals surface area contributed by atoms with E-state index >= 15 is 0 Å². The van der Waals surface area contributed by atoms with Crippen LogP contribution in [0.2, 0.25) is 0 Å². The van der Waals surface area contributed by atoms with Gasteiger partial charge >= 0.3 is 0 Å². The lowest BCUT2D eigenvalue weighted by atomic mass is 10.3. The average Bonchev–Trinajstić information content (AvgIpc) is 2.23. The van der Waals surface area contributed by atoms with Gasteiger partial charge in [-0.3, -0.25) is 10.6 Å². The molecule has 0 fully saturated rings. The van der Waals surface area contributed by atoms with Crippen LogP contribution in [-0.4, -0.2) is 19.0 Å². The summed E-state index contributed by atoms with van der Waals surface area (Å²) in [6.07, 6.45) is 1.12. The molecule has 1 aliphatic rings. The van der Waals surface area contributed by atoms with Crippen LogP contribution in [-0.2, 0) is 0 Å². The summed E-state index contributed by atoms with van der Waals surface area (Å²) >= 11 is 0. The summed E-state index contributed by atoms with van der Waals surface area (Å²) in [4.78, 5) is 4.30. The van der Waals surface area contributed by atoms with E-state index in [0.29, 0.717) is 0 Å². The Bertz CT molecular complexity index is 337. The number of anilines is 1. The topological polar surface area (TPSA) is 41.0 Å². The maximum atomic E-state index is 12.6. The molecule has 15 heavy (non-hydrogen) atoms. The summed E-state index contributed by atoms with van der Waals surface area (Å²) in [5.41, 5.74) is 0.878. The van der Waals surface area contributed by atoms with Crippen LogP contribution >= 0.6 is 0 Å². The van der Waals surface area contributed by atoms with Gasteiger partial charge < -0.3 is 12.4 Å². The third-order valence-corrected chi connectivity index (χ3v) is 2.10. The normalized spacial score (nSPS) is 15.1. The highest BCUT2D eigenvalue weighted by Crippen LogP contribution is 2.07. The molecular formula is C10H13ClFN3. The highest BCUT2D eigenvalue weighted by atomic mass is 35.5. The number of nitrogens with one attached hydrogen (secondary N) is 1. The molecule has 0 radical (unpaired) electrons. The molecule has 0 atom stereocenters. The maximum absolute atomic E-state index is 12.6. The largest absolute Gasteiger partial charge is 1.00 e. The van der Waals surface area contributed by atoms with Crippen molar-refractivity contribution in [3.63, 3.8) is 0 Å². The Morgan fingerprint density at radius 2 is 2.00 bits per heavy atom. The smallest absolute Gasteiger partial charge is 0.298 e. The number of nitrogens with zero attached hydrogens (tertiary/aromatic N) is 1. The monoisotopic (exact) mass is 229 g/mol. The number of benzene rings is 1. The Kier molecular flexibility index (Phi) is 4.52. The summed E-state index contributed by atoms with van der Waals surface area (Å²) in [7, 11) is 0. The molecule has 0 amide bonds. The lowest BCUT2D eigenvalue weighted by Crippen LogP contribution is -3.00. The molecule has 0 aliphatic carbocycles. The lowest BCUT2D eigenvalue weighted by molar-refractivity contribution is -0.543. The Morgan fingerprint density at radius 3 is 2.60 bits per heavy atom. The van der Waals surface area contributed by atoms with Gasteiger partial charge in [-0.2, -0.15) is 0 Å². The summed E-state index contributed by atoms with van der Waals surface area (Å²) in [5.74, 6) is 0.674. The number of guanidine groups is 1. The zero-order valence-electron chi connectivity index (χ0n) is 8.21. The van der Waals surface area contributed by atoms with Crippen LogP contribution in [0.4, 0.5) is 10.1 Å². The molecule has 1 aliphatic heterocycles. The molecule has 1 aromatic rings. The fourth-order valence-electron chi connectivity index (χ4n) is 1.37. The van der Waals surface area contributed by atoms with Crippen molar-refractivity contribution < 1.29 is 22.1 Å². The SMILES string of the molecule is Fc1ccc(NC2=NCCC[NH2+]2)cc1.[Cl-]. The van der Waals surface area contributed by atoms with Crippen LogP contribution in [0.5, 0.6) is 0 Å². The Labute approximate surface area is 94.2 Å². The third kappa shape index (κ3) is 3.49. The van der Waals surface area contributed by atoms with E-state index in [-0.39, 0.29) is 18.2 Å². The summed E-state index contributed by atoms with van der Waals surface area (Å²) in [6, 6.07) is 6.29. The minimum Gasteiger partial charge on any atom is -1.00 e. The van der Waals surface area contributed by atoms with Gasteiger partial charge in [0.2, 0.25) is 0 Å². The molecule has 2 rings (SSSR count). The summed E-state index contributed by atoms with van der Waals surface area (Å²) < 4.78 is 12.6. The molecule has 0 spiro atoms. The molecule has 1 heterocycles. The number of hydrogen-bond donors (Lipinski definition) is 2. The molecule has 5 heteroatoms. The maximum Gasteiger partial charge on any atom is 0.298 e. The molecule has 0 saturated carbocycles. The van der Waals surface area contributed by atoms with Gasteiger partial charge in [0.25, 0.3) is 5.96 Å². The van der Waals surface area contributed by atoms with Crippen molar-refractivity contribution in [1.29, 1.82) is 0 Å². The lowest BCUT2D eigenvalue weighted by Gasteiger charge is -2.10. The first-order chi connectivity index (χ1) is 6.84. The van der Waals surface area contributed by atoms with Crippen LogP contribution in [0.3, 0.4) is 0 Å². The molecular weight excluding hydrogens is 217 g/mol. The van der Waals surface area contributed by atoms with Crippen molar-refractivity contribution in [3.05, 3.63) is 30.1 Å². The number of nitrogens with two attached hydrogens (primary N) is 1. The first-order valence-corrected chi connectivity index (χ1v) is 4.75. The predicted molar refractivity (Wildman–Crippen MR) is 53.7 cm³/mol. The summed E-state index contributed by atoms with van der Waals surface area (Å²) in [5, 5.41) is 5.20. The average molecular weight is 230 g/mol. The van der Waals surface area contributed by atoms with Gasteiger partial charge in [-0.25, -0.2) is 9.38 Å². The molecule has 3 nitrogen and oxygen atoms in total. The second-order valence-corrected chi connectivity index (χ2v) is 3.25. The number of rotatable bonds is 1. The second-order valence-electron chi connectivity index (χ2n) is 3.25. The van der Waals surface area contributed by atoms with Crippen LogP contribution in [0, 0.1) is 5.82 Å². The minimum atomic E-state index is -0.217. The van der Waals surface area contributed by atoms with Crippen LogP contribution in [0.1, 0.15) is 6.42 Å². The van der Waals surface area contributed by atoms with Crippen LogP contribution in [0.25, 0.3) is 0 Å². The van der Waals surface area contributed by atoms with E-state index in [2.05, 4.69) is 15.6 Å². The van der Waals surface area contributed by atoms with Gasteiger partial charge in [-0.05, 0) is 24.3 Å². The number of quaternary nitrogens is 1. The standard InChI is InChI=1S/C10H12FN3.ClH/c11-8-2-4-9(5-3-8)14-10-12-6-1-7-13-10;/h2-5H,1,6-7H2,(H2,12,13,14);1H. The Balaban J connectivity index is 0.00000112. The van der Waals surface area contributed by atoms with Gasteiger partial charge in [-0.1, -0.05) is 0 Å². The fourth-order valence-corrected chi connectivity index (χ4v) is 1.37. The van der Waals surface area contributed by atoms with Crippen molar-refractivity contribution in [2.24, 2.45) is 4.99 Å².